The Labute approximate surface area is 237 Å². The molecule has 4 aromatic rings. The molecule has 0 spiro atoms. The van der Waals surface area contributed by atoms with Gasteiger partial charge in [-0.3, -0.25) is 9.59 Å². The molecule has 0 unspecified atom stereocenters. The number of nitrogens with one attached hydrogen (secondary N) is 1. The summed E-state index contributed by atoms with van der Waals surface area (Å²) in [6, 6.07) is 34.0. The molecule has 0 saturated carbocycles. The van der Waals surface area contributed by atoms with Crippen LogP contribution in [-0.2, 0) is 35.6 Å². The van der Waals surface area contributed by atoms with Crippen LogP contribution in [0.15, 0.2) is 103 Å². The Morgan fingerprint density at radius 1 is 0.675 bits per heavy atom. The maximum atomic E-state index is 12.3. The van der Waals surface area contributed by atoms with Crippen molar-refractivity contribution in [3.8, 4) is 11.5 Å². The number of benzene rings is 4. The van der Waals surface area contributed by atoms with Crippen molar-refractivity contribution in [1.29, 1.82) is 0 Å². The molecule has 0 saturated heterocycles. The number of carbonyl (C=O) groups is 2. The van der Waals surface area contributed by atoms with Gasteiger partial charge in [0.25, 0.3) is 0 Å². The van der Waals surface area contributed by atoms with Gasteiger partial charge in [0.2, 0.25) is 5.91 Å². The summed E-state index contributed by atoms with van der Waals surface area (Å²) in [4.78, 5) is 24.4. The highest BCUT2D eigenvalue weighted by Gasteiger charge is 2.23. The highest BCUT2D eigenvalue weighted by molar-refractivity contribution is 6.05. The number of rotatable bonds is 12. The van der Waals surface area contributed by atoms with Crippen LogP contribution in [0.3, 0.4) is 0 Å². The summed E-state index contributed by atoms with van der Waals surface area (Å²) < 4.78 is 12.3. The maximum Gasteiger partial charge on any atom is 0.231 e. The first kappa shape index (κ1) is 28.6. The largest absolute Gasteiger partial charge is 0.489 e. The van der Waals surface area contributed by atoms with E-state index in [9.17, 15) is 9.59 Å². The lowest BCUT2D eigenvalue weighted by Crippen LogP contribution is -2.26. The molecule has 0 radical (unpaired) electrons. The Balaban J connectivity index is 1.40. The molecule has 0 fully saturated rings. The fraction of sp³-hybridized carbons (Fsp3) is 0.257. The molecule has 0 aliphatic rings. The van der Waals surface area contributed by atoms with Gasteiger partial charge >= 0.3 is 0 Å². The van der Waals surface area contributed by atoms with Crippen molar-refractivity contribution in [1.82, 2.24) is 0 Å². The van der Waals surface area contributed by atoms with Crippen molar-refractivity contribution >= 4 is 17.4 Å². The first-order valence-electron chi connectivity index (χ1n) is 13.6. The number of ketones is 1. The van der Waals surface area contributed by atoms with Gasteiger partial charge in [-0.05, 0) is 65.4 Å². The first-order valence-corrected chi connectivity index (χ1v) is 13.6. The quantitative estimate of drug-likeness (QED) is 0.190. The van der Waals surface area contributed by atoms with E-state index in [0.29, 0.717) is 18.9 Å². The lowest BCUT2D eigenvalue weighted by atomic mass is 9.89. The summed E-state index contributed by atoms with van der Waals surface area (Å²) in [5, 5.41) is 2.83. The Morgan fingerprint density at radius 3 is 1.88 bits per heavy atom. The van der Waals surface area contributed by atoms with Gasteiger partial charge in [0.05, 0.1) is 6.42 Å². The summed E-state index contributed by atoms with van der Waals surface area (Å²) in [6.45, 7) is 6.45. The number of aryl methyl sites for hydroxylation is 2. The van der Waals surface area contributed by atoms with Crippen LogP contribution in [0.25, 0.3) is 0 Å². The van der Waals surface area contributed by atoms with Gasteiger partial charge in [-0.2, -0.15) is 0 Å². The maximum absolute atomic E-state index is 12.3. The summed E-state index contributed by atoms with van der Waals surface area (Å²) in [6.07, 6.45) is 1.43. The van der Waals surface area contributed by atoms with E-state index < -0.39 is 5.41 Å². The topological polar surface area (TPSA) is 64.6 Å². The monoisotopic (exact) mass is 535 g/mol. The number of anilines is 1. The van der Waals surface area contributed by atoms with Crippen LogP contribution in [-0.4, -0.2) is 11.7 Å². The predicted molar refractivity (Wildman–Crippen MR) is 160 cm³/mol. The average molecular weight is 536 g/mol. The summed E-state index contributed by atoms with van der Waals surface area (Å²) >= 11 is 0. The first-order chi connectivity index (χ1) is 19.3. The van der Waals surface area contributed by atoms with Gasteiger partial charge in [0.15, 0.2) is 0 Å². The van der Waals surface area contributed by atoms with Crippen molar-refractivity contribution in [3.63, 3.8) is 0 Å². The number of amides is 1. The van der Waals surface area contributed by atoms with Gasteiger partial charge in [-0.1, -0.05) is 93.6 Å². The second kappa shape index (κ2) is 13.6. The average Bonchev–Trinajstić information content (AvgIpc) is 2.95. The Kier molecular flexibility index (Phi) is 9.74. The molecule has 206 valence electrons. The Bertz CT molecular complexity index is 1390. The van der Waals surface area contributed by atoms with Crippen LogP contribution in [0.4, 0.5) is 5.69 Å². The standard InChI is InChI=1S/C35H37NO4/c1-35(2,3)33(37)23-34(38)36-30-18-15-26(16-19-30)14-17-29-22-31(39-24-27-10-6-4-7-11-27)20-21-32(29)40-25-28-12-8-5-9-13-28/h4-13,15-16,18-22H,14,17,23-25H2,1-3H3,(H,36,38). The summed E-state index contributed by atoms with van der Waals surface area (Å²) in [5.41, 5.74) is 4.57. The number of Topliss-reactive ketones (excluding diaryl/α,β-unsaturated/α-hetero) is 1. The fourth-order valence-corrected chi connectivity index (χ4v) is 4.11. The van der Waals surface area contributed by atoms with Crippen LogP contribution in [0.1, 0.15) is 49.4 Å². The van der Waals surface area contributed by atoms with E-state index in [1.54, 1.807) is 0 Å². The van der Waals surface area contributed by atoms with Gasteiger partial charge in [-0.25, -0.2) is 0 Å². The van der Waals surface area contributed by atoms with E-state index in [-0.39, 0.29) is 18.1 Å². The zero-order chi connectivity index (χ0) is 28.4. The van der Waals surface area contributed by atoms with E-state index in [0.717, 1.165) is 46.6 Å². The van der Waals surface area contributed by atoms with Crippen LogP contribution in [0.2, 0.25) is 0 Å². The molecule has 1 N–H and O–H groups in total. The van der Waals surface area contributed by atoms with Gasteiger partial charge in [0, 0.05) is 11.1 Å². The molecule has 4 rings (SSSR count). The second-order valence-corrected chi connectivity index (χ2v) is 10.9. The van der Waals surface area contributed by atoms with E-state index in [2.05, 4.69) is 23.5 Å². The molecule has 4 aromatic carbocycles. The molecule has 5 heteroatoms. The van der Waals surface area contributed by atoms with Crippen molar-refractivity contribution in [2.24, 2.45) is 5.41 Å². The lowest BCUT2D eigenvalue weighted by molar-refractivity contribution is -0.130. The van der Waals surface area contributed by atoms with Crippen LogP contribution in [0.5, 0.6) is 11.5 Å². The molecule has 0 aromatic heterocycles. The van der Waals surface area contributed by atoms with Crippen molar-refractivity contribution in [2.45, 2.75) is 53.2 Å². The van der Waals surface area contributed by atoms with Crippen LogP contribution >= 0.6 is 0 Å². The van der Waals surface area contributed by atoms with E-state index >= 15 is 0 Å². The zero-order valence-corrected chi connectivity index (χ0v) is 23.5. The molecule has 40 heavy (non-hydrogen) atoms. The van der Waals surface area contributed by atoms with Crippen molar-refractivity contribution < 1.29 is 19.1 Å². The van der Waals surface area contributed by atoms with Crippen LogP contribution < -0.4 is 14.8 Å². The van der Waals surface area contributed by atoms with E-state index in [1.807, 2.05) is 106 Å². The summed E-state index contributed by atoms with van der Waals surface area (Å²) in [7, 11) is 0. The summed E-state index contributed by atoms with van der Waals surface area (Å²) in [5.74, 6) is 1.26. The fourth-order valence-electron chi connectivity index (χ4n) is 4.11. The number of ether oxygens (including phenoxy) is 2. The Hall–Kier alpha value is -4.38. The number of hydrogen-bond acceptors (Lipinski definition) is 4. The van der Waals surface area contributed by atoms with Gasteiger partial charge in [-0.15, -0.1) is 0 Å². The molecule has 0 heterocycles. The normalized spacial score (nSPS) is 11.1. The van der Waals surface area contributed by atoms with Gasteiger partial charge < -0.3 is 14.8 Å². The minimum absolute atomic E-state index is 0.0816. The van der Waals surface area contributed by atoms with E-state index in [1.165, 1.54) is 0 Å². The van der Waals surface area contributed by atoms with Gasteiger partial charge in [0.1, 0.15) is 30.5 Å². The molecule has 5 nitrogen and oxygen atoms in total. The number of carbonyl (C=O) groups excluding carboxylic acids is 2. The van der Waals surface area contributed by atoms with Crippen molar-refractivity contribution in [2.75, 3.05) is 5.32 Å². The van der Waals surface area contributed by atoms with E-state index in [4.69, 9.17) is 9.47 Å². The third-order valence-corrected chi connectivity index (χ3v) is 6.60. The second-order valence-electron chi connectivity index (χ2n) is 10.9. The predicted octanol–water partition coefficient (Wildman–Crippen LogP) is 7.57. The molecule has 0 bridgehead atoms. The minimum atomic E-state index is -0.533. The third-order valence-electron chi connectivity index (χ3n) is 6.60. The molecule has 0 aliphatic carbocycles. The molecular weight excluding hydrogens is 498 g/mol. The SMILES string of the molecule is CC(C)(C)C(=O)CC(=O)Nc1ccc(CCc2cc(OCc3ccccc3)ccc2OCc2ccccc2)cc1. The van der Waals surface area contributed by atoms with Crippen molar-refractivity contribution in [3.05, 3.63) is 125 Å². The van der Waals surface area contributed by atoms with Crippen LogP contribution in [0, 0.1) is 5.41 Å². The highest BCUT2D eigenvalue weighted by atomic mass is 16.5. The molecule has 0 aliphatic heterocycles. The highest BCUT2D eigenvalue weighted by Crippen LogP contribution is 2.28. The molecule has 0 atom stereocenters. The smallest absolute Gasteiger partial charge is 0.231 e. The third kappa shape index (κ3) is 8.84. The number of hydrogen-bond donors (Lipinski definition) is 1. The lowest BCUT2D eigenvalue weighted by Gasteiger charge is -2.16. The Morgan fingerprint density at radius 2 is 1.27 bits per heavy atom. The zero-order valence-electron chi connectivity index (χ0n) is 23.5. The minimum Gasteiger partial charge on any atom is -0.489 e. The molecule has 1 amide bonds. The molecular formula is C35H37NO4.